The molecule has 0 saturated carbocycles. The Morgan fingerprint density at radius 1 is 1.53 bits per heavy atom. The molecule has 0 aliphatic heterocycles. The second kappa shape index (κ2) is 5.60. The molecule has 0 spiro atoms. The highest BCUT2D eigenvalue weighted by Crippen LogP contribution is 2.21. The van der Waals surface area contributed by atoms with Crippen molar-refractivity contribution >= 4 is 21.4 Å². The van der Waals surface area contributed by atoms with Gasteiger partial charge in [-0.25, -0.2) is 13.1 Å². The Bertz CT molecular complexity index is 514. The molecule has 1 aromatic rings. The van der Waals surface area contributed by atoms with Crippen LogP contribution in [0.2, 0.25) is 0 Å². The highest BCUT2D eigenvalue weighted by atomic mass is 32.2. The van der Waals surface area contributed by atoms with Crippen molar-refractivity contribution in [2.45, 2.75) is 24.1 Å². The Hall–Kier alpha value is -0.940. The van der Waals surface area contributed by atoms with Crippen LogP contribution in [0.1, 0.15) is 18.7 Å². The number of nitrogens with two attached hydrogens (primary N) is 1. The molecule has 1 aromatic heterocycles. The first-order valence-corrected chi connectivity index (χ1v) is 7.43. The minimum atomic E-state index is -3.57. The number of nitrogens with zero attached hydrogens (tertiary/aromatic N) is 1. The number of hydrogen-bond acceptors (Lipinski definition) is 5. The highest BCUT2D eigenvalue weighted by molar-refractivity contribution is 7.91. The Morgan fingerprint density at radius 3 is 2.59 bits per heavy atom. The first kappa shape index (κ1) is 14.1. The lowest BCUT2D eigenvalue weighted by atomic mass is 10.1. The molecule has 0 radical (unpaired) electrons. The molecule has 1 unspecified atom stereocenters. The molecule has 0 amide bonds. The van der Waals surface area contributed by atoms with Crippen molar-refractivity contribution in [3.05, 3.63) is 17.0 Å². The zero-order valence-electron chi connectivity index (χ0n) is 9.67. The van der Waals surface area contributed by atoms with Crippen LogP contribution < -0.4 is 10.5 Å². The number of hydrogen-bond donors (Lipinski definition) is 2. The van der Waals surface area contributed by atoms with Gasteiger partial charge in [0, 0.05) is 12.6 Å². The van der Waals surface area contributed by atoms with E-state index in [1.165, 1.54) is 12.1 Å². The summed E-state index contributed by atoms with van der Waals surface area (Å²) in [6, 6.07) is 4.53. The van der Waals surface area contributed by atoms with Gasteiger partial charge in [-0.2, -0.15) is 5.26 Å². The molecule has 17 heavy (non-hydrogen) atoms. The summed E-state index contributed by atoms with van der Waals surface area (Å²) >= 11 is 0.952. The zero-order chi connectivity index (χ0) is 13.1. The van der Waals surface area contributed by atoms with E-state index in [-0.39, 0.29) is 22.7 Å². The van der Waals surface area contributed by atoms with Crippen molar-refractivity contribution in [1.82, 2.24) is 4.72 Å². The summed E-state index contributed by atoms with van der Waals surface area (Å²) in [5, 5.41) is 8.66. The summed E-state index contributed by atoms with van der Waals surface area (Å²) in [6.45, 7) is 4.04. The fraction of sp³-hybridized carbons (Fsp3) is 0.500. The van der Waals surface area contributed by atoms with Crippen LogP contribution in [0.4, 0.5) is 0 Å². The van der Waals surface area contributed by atoms with Gasteiger partial charge in [-0.1, -0.05) is 13.8 Å². The monoisotopic (exact) mass is 273 g/mol. The van der Waals surface area contributed by atoms with Crippen LogP contribution in [-0.4, -0.2) is 21.0 Å². The normalized spacial score (nSPS) is 13.6. The van der Waals surface area contributed by atoms with Crippen molar-refractivity contribution < 1.29 is 8.42 Å². The number of nitrogens with one attached hydrogen (secondary N) is 1. The second-order valence-corrected chi connectivity index (χ2v) is 6.96. The molecule has 0 aliphatic carbocycles. The summed E-state index contributed by atoms with van der Waals surface area (Å²) < 4.78 is 26.6. The van der Waals surface area contributed by atoms with E-state index < -0.39 is 10.0 Å². The van der Waals surface area contributed by atoms with E-state index in [9.17, 15) is 8.42 Å². The number of sulfonamides is 1. The number of nitriles is 1. The maximum atomic E-state index is 12.0. The molecule has 94 valence electrons. The Morgan fingerprint density at radius 2 is 2.18 bits per heavy atom. The van der Waals surface area contributed by atoms with Crippen LogP contribution in [0.3, 0.4) is 0 Å². The lowest BCUT2D eigenvalue weighted by Crippen LogP contribution is -2.43. The molecular weight excluding hydrogens is 258 g/mol. The van der Waals surface area contributed by atoms with Crippen molar-refractivity contribution in [3.63, 3.8) is 0 Å². The van der Waals surface area contributed by atoms with Gasteiger partial charge < -0.3 is 5.73 Å². The largest absolute Gasteiger partial charge is 0.329 e. The molecule has 0 aromatic carbocycles. The van der Waals surface area contributed by atoms with Gasteiger partial charge in [0.05, 0.1) is 0 Å². The fourth-order valence-corrected chi connectivity index (χ4v) is 3.76. The third-order valence-corrected chi connectivity index (χ3v) is 5.29. The van der Waals surface area contributed by atoms with Gasteiger partial charge in [-0.15, -0.1) is 11.3 Å². The Labute approximate surface area is 105 Å². The van der Waals surface area contributed by atoms with E-state index in [4.69, 9.17) is 11.0 Å². The molecule has 1 rings (SSSR count). The van der Waals surface area contributed by atoms with Gasteiger partial charge in [-0.3, -0.25) is 0 Å². The smallest absolute Gasteiger partial charge is 0.250 e. The van der Waals surface area contributed by atoms with Crippen LogP contribution in [0.15, 0.2) is 16.3 Å². The van der Waals surface area contributed by atoms with Gasteiger partial charge >= 0.3 is 0 Å². The second-order valence-electron chi connectivity index (χ2n) is 3.94. The van der Waals surface area contributed by atoms with E-state index in [1.807, 2.05) is 19.9 Å². The SMILES string of the molecule is CC(C)C(CN)NS(=O)(=O)c1ccc(C#N)s1. The summed E-state index contributed by atoms with van der Waals surface area (Å²) in [7, 11) is -3.57. The van der Waals surface area contributed by atoms with Gasteiger partial charge in [-0.05, 0) is 18.1 Å². The van der Waals surface area contributed by atoms with E-state index in [0.717, 1.165) is 11.3 Å². The van der Waals surface area contributed by atoms with Crippen LogP contribution in [-0.2, 0) is 10.0 Å². The molecule has 0 fully saturated rings. The predicted molar refractivity (Wildman–Crippen MR) is 67.0 cm³/mol. The van der Waals surface area contributed by atoms with Gasteiger partial charge in [0.2, 0.25) is 10.0 Å². The van der Waals surface area contributed by atoms with Gasteiger partial charge in [0.1, 0.15) is 15.2 Å². The van der Waals surface area contributed by atoms with Gasteiger partial charge in [0.25, 0.3) is 0 Å². The lowest BCUT2D eigenvalue weighted by Gasteiger charge is -2.19. The molecule has 5 nitrogen and oxygen atoms in total. The van der Waals surface area contributed by atoms with Crippen molar-refractivity contribution in [2.24, 2.45) is 11.7 Å². The summed E-state index contributed by atoms with van der Waals surface area (Å²) in [4.78, 5) is 0.374. The summed E-state index contributed by atoms with van der Waals surface area (Å²) in [6.07, 6.45) is 0. The standard InChI is InChI=1S/C10H15N3O2S2/c1-7(2)9(6-12)13-17(14,15)10-4-3-8(5-11)16-10/h3-4,7,9,13H,6,12H2,1-2H3. The fourth-order valence-electron chi connectivity index (χ4n) is 1.24. The molecule has 1 heterocycles. The molecular formula is C10H15N3O2S2. The van der Waals surface area contributed by atoms with Crippen molar-refractivity contribution in [3.8, 4) is 6.07 Å². The number of thiophene rings is 1. The van der Waals surface area contributed by atoms with E-state index >= 15 is 0 Å². The maximum absolute atomic E-state index is 12.0. The highest BCUT2D eigenvalue weighted by Gasteiger charge is 2.22. The predicted octanol–water partition coefficient (Wildman–Crippen LogP) is 0.881. The molecule has 7 heteroatoms. The minimum absolute atomic E-state index is 0.116. The molecule has 0 saturated heterocycles. The third-order valence-electron chi connectivity index (χ3n) is 2.32. The van der Waals surface area contributed by atoms with E-state index in [1.54, 1.807) is 0 Å². The maximum Gasteiger partial charge on any atom is 0.250 e. The van der Waals surface area contributed by atoms with Crippen LogP contribution in [0.5, 0.6) is 0 Å². The van der Waals surface area contributed by atoms with Crippen LogP contribution >= 0.6 is 11.3 Å². The summed E-state index contributed by atoms with van der Waals surface area (Å²) in [5.41, 5.74) is 5.51. The quantitative estimate of drug-likeness (QED) is 0.832. The van der Waals surface area contributed by atoms with Crippen molar-refractivity contribution in [1.29, 1.82) is 5.26 Å². The minimum Gasteiger partial charge on any atom is -0.329 e. The van der Waals surface area contributed by atoms with Gasteiger partial charge in [0.15, 0.2) is 0 Å². The van der Waals surface area contributed by atoms with E-state index in [2.05, 4.69) is 4.72 Å². The zero-order valence-corrected chi connectivity index (χ0v) is 11.3. The number of rotatable bonds is 5. The average molecular weight is 273 g/mol. The molecule has 3 N–H and O–H groups in total. The third kappa shape index (κ3) is 3.51. The molecule has 1 atom stereocenters. The summed E-state index contributed by atoms with van der Waals surface area (Å²) in [5.74, 6) is 0.116. The van der Waals surface area contributed by atoms with E-state index in [0.29, 0.717) is 4.88 Å². The first-order valence-electron chi connectivity index (χ1n) is 5.13. The average Bonchev–Trinajstić information content (AvgIpc) is 2.74. The topological polar surface area (TPSA) is 96.0 Å². The molecule has 0 aliphatic rings. The molecule has 0 bridgehead atoms. The lowest BCUT2D eigenvalue weighted by molar-refractivity contribution is 0.455. The first-order chi connectivity index (χ1) is 7.90. The van der Waals surface area contributed by atoms with Crippen molar-refractivity contribution in [2.75, 3.05) is 6.54 Å². The van der Waals surface area contributed by atoms with Crippen LogP contribution in [0.25, 0.3) is 0 Å². The Balaban J connectivity index is 2.92. The van der Waals surface area contributed by atoms with Crippen LogP contribution in [0, 0.1) is 17.2 Å². The Kier molecular flexibility index (Phi) is 4.65.